The van der Waals surface area contributed by atoms with Gasteiger partial charge >= 0.3 is 0 Å². The molecular weight excluding hydrogens is 447 g/mol. The molecule has 9 heteroatoms. The number of carbonyl (C=O) groups is 1. The molecule has 2 atom stereocenters. The Hall–Kier alpha value is -2.94. The minimum atomic E-state index is -0.449. The molecule has 1 aromatic carbocycles. The van der Waals surface area contributed by atoms with Gasteiger partial charge in [-0.05, 0) is 75.6 Å². The number of ether oxygens (including phenoxy) is 1. The van der Waals surface area contributed by atoms with Crippen molar-refractivity contribution < 1.29 is 13.9 Å². The van der Waals surface area contributed by atoms with Crippen molar-refractivity contribution in [3.05, 3.63) is 30.2 Å². The highest BCUT2D eigenvalue weighted by Crippen LogP contribution is 2.39. The average Bonchev–Trinajstić information content (AvgIpc) is 3.70. The van der Waals surface area contributed by atoms with Crippen LogP contribution in [0.15, 0.2) is 24.4 Å². The summed E-state index contributed by atoms with van der Waals surface area (Å²) in [7, 11) is 0. The maximum atomic E-state index is 14.5. The molecule has 0 bridgehead atoms. The third kappa shape index (κ3) is 4.91. The second kappa shape index (κ2) is 9.60. The standard InChI is InChI=1S/C26H33FN6O2/c27-20-14-29-26(31-25(20)28-13-18-4-3-11-32-10-2-1-5-21(18)32)30-19-8-9-22-23(12-19)35-16-24(34)33(22)15-17-6-7-17/h8-9,12,14,17-18,21H,1-7,10-11,13,15-16H2,(H2,28,29,30,31). The van der Waals surface area contributed by atoms with E-state index in [0.717, 1.165) is 17.9 Å². The molecule has 3 fully saturated rings. The Balaban J connectivity index is 1.13. The summed E-state index contributed by atoms with van der Waals surface area (Å²) in [6.45, 7) is 3.88. The Bertz CT molecular complexity index is 1090. The highest BCUT2D eigenvalue weighted by Gasteiger charge is 2.33. The van der Waals surface area contributed by atoms with Crippen molar-refractivity contribution in [2.45, 2.75) is 51.0 Å². The van der Waals surface area contributed by atoms with Crippen molar-refractivity contribution in [1.29, 1.82) is 0 Å². The molecule has 2 aromatic rings. The van der Waals surface area contributed by atoms with Crippen molar-refractivity contribution in [3.8, 4) is 5.75 Å². The Kier molecular flexibility index (Phi) is 6.18. The van der Waals surface area contributed by atoms with Crippen molar-refractivity contribution in [2.75, 3.05) is 48.3 Å². The highest BCUT2D eigenvalue weighted by molar-refractivity contribution is 5.98. The zero-order valence-corrected chi connectivity index (χ0v) is 20.0. The van der Waals surface area contributed by atoms with Crippen LogP contribution in [-0.2, 0) is 4.79 Å². The quantitative estimate of drug-likeness (QED) is 0.615. The number of hydrogen-bond acceptors (Lipinski definition) is 7. The number of benzene rings is 1. The van der Waals surface area contributed by atoms with E-state index in [1.807, 2.05) is 23.1 Å². The summed E-state index contributed by atoms with van der Waals surface area (Å²) in [4.78, 5) is 25.3. The minimum absolute atomic E-state index is 0.00277. The summed E-state index contributed by atoms with van der Waals surface area (Å²) >= 11 is 0. The Morgan fingerprint density at radius 1 is 1.11 bits per heavy atom. The van der Waals surface area contributed by atoms with Gasteiger partial charge in [-0.25, -0.2) is 9.37 Å². The zero-order chi connectivity index (χ0) is 23.8. The molecule has 0 spiro atoms. The van der Waals surface area contributed by atoms with Gasteiger partial charge in [-0.1, -0.05) is 6.42 Å². The molecule has 186 valence electrons. The van der Waals surface area contributed by atoms with Gasteiger partial charge in [0.2, 0.25) is 5.95 Å². The van der Waals surface area contributed by atoms with Gasteiger partial charge in [0.25, 0.3) is 5.91 Å². The molecule has 1 saturated carbocycles. The molecule has 0 radical (unpaired) electrons. The summed E-state index contributed by atoms with van der Waals surface area (Å²) in [5, 5.41) is 6.43. The van der Waals surface area contributed by atoms with Crippen LogP contribution < -0.4 is 20.3 Å². The van der Waals surface area contributed by atoms with E-state index in [9.17, 15) is 9.18 Å². The monoisotopic (exact) mass is 480 g/mol. The lowest BCUT2D eigenvalue weighted by Crippen LogP contribution is -2.49. The van der Waals surface area contributed by atoms with Crippen molar-refractivity contribution >= 4 is 29.0 Å². The van der Waals surface area contributed by atoms with E-state index in [-0.39, 0.29) is 18.3 Å². The lowest BCUT2D eigenvalue weighted by atomic mass is 9.83. The molecular formula is C26H33FN6O2. The fourth-order valence-corrected chi connectivity index (χ4v) is 5.76. The van der Waals surface area contributed by atoms with Crippen LogP contribution in [0.3, 0.4) is 0 Å². The second-order valence-electron chi connectivity index (χ2n) is 10.3. The third-order valence-corrected chi connectivity index (χ3v) is 7.80. The number of amides is 1. The van der Waals surface area contributed by atoms with E-state index in [0.29, 0.717) is 36.1 Å². The van der Waals surface area contributed by atoms with E-state index in [1.165, 1.54) is 64.2 Å². The van der Waals surface area contributed by atoms with E-state index >= 15 is 0 Å². The molecule has 1 aliphatic carbocycles. The zero-order valence-electron chi connectivity index (χ0n) is 20.0. The molecule has 8 nitrogen and oxygen atoms in total. The largest absolute Gasteiger partial charge is 0.481 e. The number of halogens is 1. The average molecular weight is 481 g/mol. The van der Waals surface area contributed by atoms with Crippen molar-refractivity contribution in [3.63, 3.8) is 0 Å². The van der Waals surface area contributed by atoms with Crippen LogP contribution in [0, 0.1) is 17.7 Å². The van der Waals surface area contributed by atoms with Crippen LogP contribution in [0.1, 0.15) is 44.9 Å². The second-order valence-corrected chi connectivity index (χ2v) is 10.3. The molecule has 35 heavy (non-hydrogen) atoms. The number of hydrogen-bond donors (Lipinski definition) is 2. The molecule has 2 saturated heterocycles. The van der Waals surface area contributed by atoms with Crippen LogP contribution >= 0.6 is 0 Å². The van der Waals surface area contributed by atoms with Gasteiger partial charge in [0.1, 0.15) is 5.75 Å². The smallest absolute Gasteiger partial charge is 0.265 e. The molecule has 1 aromatic heterocycles. The van der Waals surface area contributed by atoms with Gasteiger partial charge in [-0.2, -0.15) is 4.98 Å². The van der Waals surface area contributed by atoms with Crippen LogP contribution in [0.2, 0.25) is 0 Å². The Labute approximate surface area is 205 Å². The summed E-state index contributed by atoms with van der Waals surface area (Å²) < 4.78 is 20.2. The van der Waals surface area contributed by atoms with Gasteiger partial charge in [0, 0.05) is 30.9 Å². The van der Waals surface area contributed by atoms with Crippen LogP contribution in [0.5, 0.6) is 5.75 Å². The number of piperidine rings is 2. The summed E-state index contributed by atoms with van der Waals surface area (Å²) in [5.74, 6) is 1.85. The summed E-state index contributed by atoms with van der Waals surface area (Å²) in [5.41, 5.74) is 1.53. The number of fused-ring (bicyclic) bond motifs is 2. The van der Waals surface area contributed by atoms with Gasteiger partial charge in [0.15, 0.2) is 18.2 Å². The molecule has 4 heterocycles. The lowest BCUT2D eigenvalue weighted by molar-refractivity contribution is -0.121. The number of carbonyl (C=O) groups excluding carboxylic acids is 1. The summed E-state index contributed by atoms with van der Waals surface area (Å²) in [6.07, 6.45) is 9.73. The maximum Gasteiger partial charge on any atom is 0.265 e. The van der Waals surface area contributed by atoms with Crippen molar-refractivity contribution in [2.24, 2.45) is 11.8 Å². The van der Waals surface area contributed by atoms with Gasteiger partial charge in [-0.3, -0.25) is 4.79 Å². The first-order valence-corrected chi connectivity index (χ1v) is 13.0. The minimum Gasteiger partial charge on any atom is -0.481 e. The first-order valence-electron chi connectivity index (χ1n) is 13.0. The molecule has 2 N–H and O–H groups in total. The highest BCUT2D eigenvalue weighted by atomic mass is 19.1. The number of anilines is 4. The maximum absolute atomic E-state index is 14.5. The van der Waals surface area contributed by atoms with Crippen LogP contribution in [0.25, 0.3) is 0 Å². The normalized spacial score (nSPS) is 24.4. The van der Waals surface area contributed by atoms with Gasteiger partial charge in [-0.15, -0.1) is 0 Å². The number of rotatable bonds is 7. The Morgan fingerprint density at radius 2 is 2.00 bits per heavy atom. The first kappa shape index (κ1) is 22.5. The fourth-order valence-electron chi connectivity index (χ4n) is 5.76. The number of aromatic nitrogens is 2. The number of nitrogens with one attached hydrogen (secondary N) is 2. The van der Waals surface area contributed by atoms with Crippen LogP contribution in [0.4, 0.5) is 27.5 Å². The third-order valence-electron chi connectivity index (χ3n) is 7.80. The topological polar surface area (TPSA) is 82.6 Å². The fraction of sp³-hybridized carbons (Fsp3) is 0.577. The SMILES string of the molecule is O=C1COc2cc(Nc3ncc(F)c(NCC4CCCN5CCCCC45)n3)ccc2N1CC1CC1. The lowest BCUT2D eigenvalue weighted by Gasteiger charge is -2.44. The molecule has 3 aliphatic heterocycles. The molecule has 2 unspecified atom stereocenters. The molecule has 1 amide bonds. The van der Waals surface area contributed by atoms with Crippen LogP contribution in [-0.4, -0.2) is 59.6 Å². The first-order chi connectivity index (χ1) is 17.1. The Morgan fingerprint density at radius 3 is 2.89 bits per heavy atom. The summed E-state index contributed by atoms with van der Waals surface area (Å²) in [6, 6.07) is 6.20. The van der Waals surface area contributed by atoms with E-state index in [1.54, 1.807) is 0 Å². The predicted molar refractivity (Wildman–Crippen MR) is 133 cm³/mol. The van der Waals surface area contributed by atoms with Crippen molar-refractivity contribution in [1.82, 2.24) is 14.9 Å². The predicted octanol–water partition coefficient (Wildman–Crippen LogP) is 4.17. The molecule has 4 aliphatic rings. The molecule has 6 rings (SSSR count). The number of nitrogens with zero attached hydrogens (tertiary/aromatic N) is 4. The van der Waals surface area contributed by atoms with E-state index < -0.39 is 5.82 Å². The van der Waals surface area contributed by atoms with Gasteiger partial charge in [0.05, 0.1) is 11.9 Å². The van der Waals surface area contributed by atoms with Gasteiger partial charge < -0.3 is 25.2 Å². The van der Waals surface area contributed by atoms with E-state index in [2.05, 4.69) is 25.5 Å². The van der Waals surface area contributed by atoms with E-state index in [4.69, 9.17) is 4.74 Å².